The third-order valence-electron chi connectivity index (χ3n) is 3.81. The van der Waals surface area contributed by atoms with E-state index in [4.69, 9.17) is 5.73 Å². The topological polar surface area (TPSA) is 58.4 Å². The van der Waals surface area contributed by atoms with E-state index in [1.807, 2.05) is 11.8 Å². The highest BCUT2D eigenvalue weighted by molar-refractivity contribution is 5.93. The van der Waals surface area contributed by atoms with Gasteiger partial charge in [-0.15, -0.1) is 0 Å². The monoisotopic (exact) mass is 279 g/mol. The number of hydrogen-bond acceptors (Lipinski definition) is 3. The van der Waals surface area contributed by atoms with Crippen LogP contribution >= 0.6 is 0 Å². The molecule has 1 amide bonds. The fourth-order valence-electron chi connectivity index (χ4n) is 2.66. The second kappa shape index (κ2) is 6.70. The number of rotatable bonds is 5. The minimum absolute atomic E-state index is 0.207. The molecule has 110 valence electrons. The summed E-state index contributed by atoms with van der Waals surface area (Å²) in [4.78, 5) is 13.1. The molecule has 20 heavy (non-hydrogen) atoms. The lowest BCUT2D eigenvalue weighted by molar-refractivity contribution is 0.1000. The Morgan fingerprint density at radius 2 is 2.30 bits per heavy atom. The Kier molecular flexibility index (Phi) is 4.95. The van der Waals surface area contributed by atoms with Gasteiger partial charge in [0.15, 0.2) is 0 Å². The first-order valence-corrected chi connectivity index (χ1v) is 7.19. The minimum atomic E-state index is -0.604. The van der Waals surface area contributed by atoms with E-state index in [1.54, 1.807) is 12.1 Å². The molecule has 0 saturated carbocycles. The molecule has 1 aromatic carbocycles. The molecular weight excluding hydrogens is 257 g/mol. The maximum Gasteiger partial charge on any atom is 0.248 e. The molecule has 1 fully saturated rings. The number of hydrogen-bond donors (Lipinski definition) is 2. The third kappa shape index (κ3) is 3.48. The fraction of sp³-hybridized carbons (Fsp3) is 0.533. The van der Waals surface area contributed by atoms with Crippen LogP contribution in [0.15, 0.2) is 18.2 Å². The predicted molar refractivity (Wildman–Crippen MR) is 78.4 cm³/mol. The molecule has 3 N–H and O–H groups in total. The van der Waals surface area contributed by atoms with Gasteiger partial charge in [-0.1, -0.05) is 6.42 Å². The lowest BCUT2D eigenvalue weighted by atomic mass is 10.0. The average Bonchev–Trinajstić information content (AvgIpc) is 2.46. The van der Waals surface area contributed by atoms with Gasteiger partial charge in [0.2, 0.25) is 5.91 Å². The molecule has 0 radical (unpaired) electrons. The van der Waals surface area contributed by atoms with Crippen LogP contribution in [-0.2, 0) is 0 Å². The molecule has 1 saturated heterocycles. The van der Waals surface area contributed by atoms with Crippen LogP contribution in [0.1, 0.15) is 36.5 Å². The molecule has 4 nitrogen and oxygen atoms in total. The SMILES string of the molecule is CCN(CC1CCCCN1)c1ccc(C(N)=O)cc1F. The van der Waals surface area contributed by atoms with E-state index in [0.717, 1.165) is 26.1 Å². The van der Waals surface area contributed by atoms with E-state index >= 15 is 0 Å². The van der Waals surface area contributed by atoms with E-state index in [2.05, 4.69) is 5.32 Å². The molecule has 1 aliphatic heterocycles. The highest BCUT2D eigenvalue weighted by atomic mass is 19.1. The summed E-state index contributed by atoms with van der Waals surface area (Å²) in [7, 11) is 0. The van der Waals surface area contributed by atoms with Crippen LogP contribution in [0, 0.1) is 5.82 Å². The Morgan fingerprint density at radius 3 is 2.85 bits per heavy atom. The fourth-order valence-corrected chi connectivity index (χ4v) is 2.66. The normalized spacial score (nSPS) is 18.8. The van der Waals surface area contributed by atoms with Gasteiger partial charge in [0.05, 0.1) is 5.69 Å². The molecule has 1 aromatic rings. The molecule has 2 rings (SSSR count). The van der Waals surface area contributed by atoms with Crippen molar-refractivity contribution in [3.63, 3.8) is 0 Å². The number of carbonyl (C=O) groups excluding carboxylic acids is 1. The molecule has 0 spiro atoms. The number of piperidine rings is 1. The zero-order chi connectivity index (χ0) is 14.5. The average molecular weight is 279 g/mol. The third-order valence-corrected chi connectivity index (χ3v) is 3.81. The Bertz CT molecular complexity index is 472. The Morgan fingerprint density at radius 1 is 1.50 bits per heavy atom. The highest BCUT2D eigenvalue weighted by Gasteiger charge is 2.18. The molecule has 0 aromatic heterocycles. The van der Waals surface area contributed by atoms with Gasteiger partial charge in [0.25, 0.3) is 0 Å². The number of nitrogens with two attached hydrogens (primary N) is 1. The minimum Gasteiger partial charge on any atom is -0.368 e. The summed E-state index contributed by atoms with van der Waals surface area (Å²) in [6.45, 7) is 4.55. The van der Waals surface area contributed by atoms with Crippen molar-refractivity contribution in [3.8, 4) is 0 Å². The Labute approximate surface area is 119 Å². The van der Waals surface area contributed by atoms with Crippen molar-refractivity contribution in [1.82, 2.24) is 5.32 Å². The van der Waals surface area contributed by atoms with Crippen molar-refractivity contribution in [1.29, 1.82) is 0 Å². The largest absolute Gasteiger partial charge is 0.368 e. The van der Waals surface area contributed by atoms with Crippen molar-refractivity contribution in [2.75, 3.05) is 24.5 Å². The van der Waals surface area contributed by atoms with Crippen LogP contribution in [0.5, 0.6) is 0 Å². The van der Waals surface area contributed by atoms with Crippen molar-refractivity contribution in [2.45, 2.75) is 32.2 Å². The summed E-state index contributed by atoms with van der Waals surface area (Å²) in [6, 6.07) is 4.84. The molecule has 1 unspecified atom stereocenters. The number of carbonyl (C=O) groups is 1. The molecule has 1 aliphatic rings. The van der Waals surface area contributed by atoms with Gasteiger partial charge in [-0.25, -0.2) is 4.39 Å². The van der Waals surface area contributed by atoms with Crippen molar-refractivity contribution in [2.24, 2.45) is 5.73 Å². The van der Waals surface area contributed by atoms with E-state index < -0.39 is 5.91 Å². The number of nitrogens with one attached hydrogen (secondary N) is 1. The van der Waals surface area contributed by atoms with Crippen LogP contribution in [0.2, 0.25) is 0 Å². The number of primary amides is 1. The first-order valence-electron chi connectivity index (χ1n) is 7.19. The van der Waals surface area contributed by atoms with E-state index in [1.165, 1.54) is 18.9 Å². The van der Waals surface area contributed by atoms with Gasteiger partial charge in [-0.05, 0) is 44.5 Å². The summed E-state index contributed by atoms with van der Waals surface area (Å²) in [5, 5.41) is 3.46. The van der Waals surface area contributed by atoms with E-state index in [0.29, 0.717) is 11.7 Å². The van der Waals surface area contributed by atoms with Crippen LogP contribution in [0.4, 0.5) is 10.1 Å². The Balaban J connectivity index is 2.12. The number of amides is 1. The van der Waals surface area contributed by atoms with Gasteiger partial charge >= 0.3 is 0 Å². The number of halogens is 1. The number of nitrogens with zero attached hydrogens (tertiary/aromatic N) is 1. The van der Waals surface area contributed by atoms with Crippen molar-refractivity contribution >= 4 is 11.6 Å². The second-order valence-electron chi connectivity index (χ2n) is 5.22. The van der Waals surface area contributed by atoms with Gasteiger partial charge in [0, 0.05) is 24.7 Å². The summed E-state index contributed by atoms with van der Waals surface area (Å²) >= 11 is 0. The van der Waals surface area contributed by atoms with Crippen LogP contribution < -0.4 is 16.0 Å². The first-order chi connectivity index (χ1) is 9.61. The molecule has 1 atom stereocenters. The number of benzene rings is 1. The lowest BCUT2D eigenvalue weighted by Crippen LogP contribution is -2.44. The van der Waals surface area contributed by atoms with Gasteiger partial charge in [-0.3, -0.25) is 4.79 Å². The summed E-state index contributed by atoms with van der Waals surface area (Å²) in [5.41, 5.74) is 5.90. The van der Waals surface area contributed by atoms with Crippen LogP contribution in [-0.4, -0.2) is 31.6 Å². The number of anilines is 1. The van der Waals surface area contributed by atoms with E-state index in [-0.39, 0.29) is 11.4 Å². The lowest BCUT2D eigenvalue weighted by Gasteiger charge is -2.31. The summed E-state index contributed by atoms with van der Waals surface area (Å²) in [6.07, 6.45) is 3.56. The summed E-state index contributed by atoms with van der Waals surface area (Å²) in [5.74, 6) is -0.994. The number of likely N-dealkylation sites (N-methyl/N-ethyl adjacent to an activating group) is 1. The molecule has 5 heteroatoms. The quantitative estimate of drug-likeness (QED) is 0.865. The van der Waals surface area contributed by atoms with Gasteiger partial charge < -0.3 is 16.0 Å². The molecule has 1 heterocycles. The molecule has 0 bridgehead atoms. The van der Waals surface area contributed by atoms with Crippen LogP contribution in [0.25, 0.3) is 0 Å². The van der Waals surface area contributed by atoms with Crippen molar-refractivity contribution in [3.05, 3.63) is 29.6 Å². The highest BCUT2D eigenvalue weighted by Crippen LogP contribution is 2.22. The zero-order valence-corrected chi connectivity index (χ0v) is 11.9. The smallest absolute Gasteiger partial charge is 0.248 e. The predicted octanol–water partition coefficient (Wildman–Crippen LogP) is 1.89. The van der Waals surface area contributed by atoms with E-state index in [9.17, 15) is 9.18 Å². The standard InChI is InChI=1S/C15H22FN3O/c1-2-19(10-12-5-3-4-8-18-12)14-7-6-11(15(17)20)9-13(14)16/h6-7,9,12,18H,2-5,8,10H2,1H3,(H2,17,20). The van der Waals surface area contributed by atoms with Gasteiger partial charge in [-0.2, -0.15) is 0 Å². The maximum absolute atomic E-state index is 14.1. The zero-order valence-electron chi connectivity index (χ0n) is 11.9. The van der Waals surface area contributed by atoms with Crippen LogP contribution in [0.3, 0.4) is 0 Å². The molecule has 0 aliphatic carbocycles. The summed E-state index contributed by atoms with van der Waals surface area (Å²) < 4.78 is 14.1. The van der Waals surface area contributed by atoms with Crippen molar-refractivity contribution < 1.29 is 9.18 Å². The molecular formula is C15H22FN3O. The van der Waals surface area contributed by atoms with Gasteiger partial charge in [0.1, 0.15) is 5.82 Å². The second-order valence-corrected chi connectivity index (χ2v) is 5.22. The Hall–Kier alpha value is -1.62. The maximum atomic E-state index is 14.1. The first kappa shape index (κ1) is 14.8.